The van der Waals surface area contributed by atoms with E-state index in [1.54, 1.807) is 13.0 Å². The van der Waals surface area contributed by atoms with Gasteiger partial charge in [-0.3, -0.25) is 0 Å². The van der Waals surface area contributed by atoms with E-state index in [1.807, 2.05) is 19.1 Å². The largest absolute Gasteiger partial charge is 0.384 e. The molecule has 0 radical (unpaired) electrons. The molecule has 0 heterocycles. The number of hydrogen-bond acceptors (Lipinski definition) is 1. The second-order valence-corrected chi connectivity index (χ2v) is 3.24. The van der Waals surface area contributed by atoms with Crippen molar-refractivity contribution in [2.45, 2.75) is 19.4 Å². The van der Waals surface area contributed by atoms with E-state index in [1.165, 1.54) is 0 Å². The third-order valence-corrected chi connectivity index (χ3v) is 2.52. The molecule has 0 aromatic rings. The van der Waals surface area contributed by atoms with Gasteiger partial charge in [-0.15, -0.1) is 0 Å². The molecule has 0 saturated heterocycles. The van der Waals surface area contributed by atoms with Gasteiger partial charge < -0.3 is 5.11 Å². The van der Waals surface area contributed by atoms with Gasteiger partial charge in [-0.1, -0.05) is 30.7 Å². The lowest BCUT2D eigenvalue weighted by Crippen LogP contribution is -2.33. The van der Waals surface area contributed by atoms with Crippen molar-refractivity contribution in [1.29, 1.82) is 0 Å². The van der Waals surface area contributed by atoms with Crippen LogP contribution in [0, 0.1) is 5.92 Å². The Balaban J connectivity index is 2.93. The van der Waals surface area contributed by atoms with E-state index >= 15 is 0 Å². The second-order valence-electron chi connectivity index (χ2n) is 2.84. The van der Waals surface area contributed by atoms with Crippen molar-refractivity contribution < 1.29 is 5.11 Å². The number of rotatable bonds is 0. The van der Waals surface area contributed by atoms with Gasteiger partial charge in [0.25, 0.3) is 0 Å². The minimum Gasteiger partial charge on any atom is -0.384 e. The van der Waals surface area contributed by atoms with Crippen LogP contribution in [-0.4, -0.2) is 10.7 Å². The van der Waals surface area contributed by atoms with E-state index in [-0.39, 0.29) is 5.92 Å². The Hall–Kier alpha value is -0.270. The van der Waals surface area contributed by atoms with Crippen molar-refractivity contribution in [3.63, 3.8) is 0 Å². The van der Waals surface area contributed by atoms with Crippen molar-refractivity contribution in [2.24, 2.45) is 5.92 Å². The Labute approximate surface area is 66.0 Å². The molecule has 1 nitrogen and oxygen atoms in total. The molecular weight excluding hydrogens is 148 g/mol. The molecule has 1 rings (SSSR count). The predicted octanol–water partition coefficient (Wildman–Crippen LogP) is 2.07. The molecule has 0 amide bonds. The topological polar surface area (TPSA) is 20.2 Å². The summed E-state index contributed by atoms with van der Waals surface area (Å²) in [4.78, 5) is 0. The number of allylic oxidation sites excluding steroid dienone is 2. The Kier molecular flexibility index (Phi) is 1.88. The molecule has 0 aromatic carbocycles. The van der Waals surface area contributed by atoms with Crippen LogP contribution in [0.25, 0.3) is 0 Å². The van der Waals surface area contributed by atoms with Crippen LogP contribution in [0.2, 0.25) is 0 Å². The molecule has 0 fully saturated rings. The first-order valence-electron chi connectivity index (χ1n) is 3.32. The molecule has 0 bridgehead atoms. The average Bonchev–Trinajstić information content (AvgIpc) is 1.84. The highest BCUT2D eigenvalue weighted by molar-refractivity contribution is 6.30. The van der Waals surface area contributed by atoms with Gasteiger partial charge in [-0.25, -0.2) is 0 Å². The summed E-state index contributed by atoms with van der Waals surface area (Å²) in [6.07, 6.45) is 5.53. The normalized spacial score (nSPS) is 39.6. The summed E-state index contributed by atoms with van der Waals surface area (Å²) in [5.41, 5.74) is -0.865. The van der Waals surface area contributed by atoms with E-state index in [0.29, 0.717) is 5.03 Å². The molecule has 1 N–H and O–H groups in total. The van der Waals surface area contributed by atoms with Crippen molar-refractivity contribution in [3.05, 3.63) is 23.3 Å². The highest BCUT2D eigenvalue weighted by atomic mass is 35.5. The van der Waals surface area contributed by atoms with Gasteiger partial charge in [0.1, 0.15) is 5.60 Å². The van der Waals surface area contributed by atoms with E-state index in [4.69, 9.17) is 11.6 Å². The van der Waals surface area contributed by atoms with Crippen LogP contribution in [0.1, 0.15) is 13.8 Å². The summed E-state index contributed by atoms with van der Waals surface area (Å²) >= 11 is 5.76. The molecule has 0 aliphatic heterocycles. The lowest BCUT2D eigenvalue weighted by molar-refractivity contribution is 0.0681. The van der Waals surface area contributed by atoms with Crippen molar-refractivity contribution in [2.75, 3.05) is 0 Å². The van der Waals surface area contributed by atoms with Gasteiger partial charge in [0.2, 0.25) is 0 Å². The fraction of sp³-hybridized carbons (Fsp3) is 0.500. The lowest BCUT2D eigenvalue weighted by Gasteiger charge is -2.29. The summed E-state index contributed by atoms with van der Waals surface area (Å²) in [5.74, 6) is 0.102. The Bertz CT molecular complexity index is 191. The van der Waals surface area contributed by atoms with Crippen LogP contribution in [-0.2, 0) is 0 Å². The van der Waals surface area contributed by atoms with Gasteiger partial charge in [-0.05, 0) is 13.0 Å². The van der Waals surface area contributed by atoms with Crippen LogP contribution in [0.4, 0.5) is 0 Å². The first-order chi connectivity index (χ1) is 4.55. The summed E-state index contributed by atoms with van der Waals surface area (Å²) in [7, 11) is 0. The first kappa shape index (κ1) is 7.83. The third-order valence-electron chi connectivity index (χ3n) is 2.01. The molecule has 10 heavy (non-hydrogen) atoms. The highest BCUT2D eigenvalue weighted by Crippen LogP contribution is 2.32. The van der Waals surface area contributed by atoms with E-state index in [9.17, 15) is 5.11 Å². The van der Waals surface area contributed by atoms with Gasteiger partial charge in [-0.2, -0.15) is 0 Å². The SMILES string of the molecule is CC1C=CC=C(Cl)C1(C)O. The van der Waals surface area contributed by atoms with Crippen molar-refractivity contribution in [1.82, 2.24) is 0 Å². The standard InChI is InChI=1S/C8H11ClO/c1-6-4-3-5-7(9)8(6,2)10/h3-6,10H,1-2H3. The predicted molar refractivity (Wildman–Crippen MR) is 42.9 cm³/mol. The zero-order valence-corrected chi connectivity index (χ0v) is 6.89. The molecular formula is C8H11ClO. The molecule has 0 aromatic heterocycles. The minimum atomic E-state index is -0.865. The van der Waals surface area contributed by atoms with Crippen LogP contribution in [0.15, 0.2) is 23.3 Å². The summed E-state index contributed by atoms with van der Waals surface area (Å²) in [5, 5.41) is 10.2. The van der Waals surface area contributed by atoms with E-state index in [0.717, 1.165) is 0 Å². The maximum Gasteiger partial charge on any atom is 0.103 e. The summed E-state index contributed by atoms with van der Waals surface area (Å²) in [6.45, 7) is 3.66. The third kappa shape index (κ3) is 1.11. The molecule has 1 aliphatic carbocycles. The van der Waals surface area contributed by atoms with Crippen molar-refractivity contribution >= 4 is 11.6 Å². The molecule has 0 spiro atoms. The number of hydrogen-bond donors (Lipinski definition) is 1. The molecule has 2 heteroatoms. The first-order valence-corrected chi connectivity index (χ1v) is 3.70. The number of aliphatic hydroxyl groups is 1. The Morgan fingerprint density at radius 3 is 2.70 bits per heavy atom. The molecule has 2 atom stereocenters. The second kappa shape index (κ2) is 2.40. The fourth-order valence-electron chi connectivity index (χ4n) is 0.880. The molecule has 56 valence electrons. The molecule has 2 unspecified atom stereocenters. The minimum absolute atomic E-state index is 0.102. The zero-order valence-electron chi connectivity index (χ0n) is 6.13. The van der Waals surface area contributed by atoms with Gasteiger partial charge in [0.05, 0.1) is 0 Å². The maximum absolute atomic E-state index is 9.66. The molecule has 1 aliphatic rings. The van der Waals surface area contributed by atoms with E-state index < -0.39 is 5.60 Å². The summed E-state index contributed by atoms with van der Waals surface area (Å²) < 4.78 is 0. The van der Waals surface area contributed by atoms with Crippen molar-refractivity contribution in [3.8, 4) is 0 Å². The fourth-order valence-corrected chi connectivity index (χ4v) is 1.13. The van der Waals surface area contributed by atoms with Gasteiger partial charge >= 0.3 is 0 Å². The lowest BCUT2D eigenvalue weighted by atomic mass is 9.87. The van der Waals surface area contributed by atoms with Gasteiger partial charge in [0.15, 0.2) is 0 Å². The van der Waals surface area contributed by atoms with Gasteiger partial charge in [0, 0.05) is 11.0 Å². The van der Waals surface area contributed by atoms with Crippen LogP contribution in [0.3, 0.4) is 0 Å². The molecule has 0 saturated carbocycles. The summed E-state index contributed by atoms with van der Waals surface area (Å²) in [6, 6.07) is 0. The zero-order chi connectivity index (χ0) is 7.78. The number of halogens is 1. The maximum atomic E-state index is 9.66. The monoisotopic (exact) mass is 158 g/mol. The van der Waals surface area contributed by atoms with Crippen LogP contribution in [0.5, 0.6) is 0 Å². The van der Waals surface area contributed by atoms with Crippen LogP contribution >= 0.6 is 11.6 Å². The quantitative estimate of drug-likeness (QED) is 0.572. The smallest absolute Gasteiger partial charge is 0.103 e. The Morgan fingerprint density at radius 2 is 2.30 bits per heavy atom. The van der Waals surface area contributed by atoms with E-state index in [2.05, 4.69) is 0 Å². The highest BCUT2D eigenvalue weighted by Gasteiger charge is 2.31. The average molecular weight is 159 g/mol. The Morgan fingerprint density at radius 1 is 1.70 bits per heavy atom. The van der Waals surface area contributed by atoms with Crippen LogP contribution < -0.4 is 0 Å².